The van der Waals surface area contributed by atoms with Gasteiger partial charge in [-0.3, -0.25) is 8.71 Å². The van der Waals surface area contributed by atoms with Crippen LogP contribution in [0.25, 0.3) is 5.65 Å². The number of rotatable bonds is 6. The molecule has 0 fully saturated rings. The second-order valence-electron chi connectivity index (χ2n) is 6.54. The van der Waals surface area contributed by atoms with Crippen LogP contribution in [0.2, 0.25) is 0 Å². The first kappa shape index (κ1) is 19.1. The number of halogens is 1. The number of pyridine rings is 1. The number of aryl methyl sites for hydroxylation is 1. The zero-order valence-electron chi connectivity index (χ0n) is 15.7. The highest BCUT2D eigenvalue weighted by molar-refractivity contribution is 7.92. The number of hydrogen-bond acceptors (Lipinski definition) is 4. The van der Waals surface area contributed by atoms with Crippen LogP contribution in [-0.4, -0.2) is 23.0 Å². The Morgan fingerprint density at radius 3 is 2.38 bits per heavy atom. The molecule has 0 N–H and O–H groups in total. The number of aromatic nitrogens is 3. The van der Waals surface area contributed by atoms with Gasteiger partial charge in [-0.05, 0) is 42.0 Å². The summed E-state index contributed by atoms with van der Waals surface area (Å²) < 4.78 is 43.5. The van der Waals surface area contributed by atoms with Gasteiger partial charge in [-0.25, -0.2) is 12.8 Å². The van der Waals surface area contributed by atoms with Crippen LogP contribution >= 0.6 is 0 Å². The van der Waals surface area contributed by atoms with Crippen LogP contribution in [0.4, 0.5) is 10.1 Å². The number of nitrogens with zero attached hydrogens (tertiary/aromatic N) is 4. The van der Waals surface area contributed by atoms with Crippen molar-refractivity contribution >= 4 is 21.4 Å². The van der Waals surface area contributed by atoms with E-state index in [1.807, 2.05) is 37.3 Å². The van der Waals surface area contributed by atoms with Gasteiger partial charge in [0.05, 0.1) is 12.2 Å². The molecule has 29 heavy (non-hydrogen) atoms. The zero-order chi connectivity index (χ0) is 20.4. The second kappa shape index (κ2) is 7.63. The average molecular weight is 410 g/mol. The maximum atomic E-state index is 13.6. The third-order valence-electron chi connectivity index (χ3n) is 4.63. The van der Waals surface area contributed by atoms with E-state index in [1.165, 1.54) is 40.8 Å². The van der Waals surface area contributed by atoms with Gasteiger partial charge in [0.25, 0.3) is 10.0 Å². The van der Waals surface area contributed by atoms with Crippen LogP contribution in [0.15, 0.2) is 77.8 Å². The summed E-state index contributed by atoms with van der Waals surface area (Å²) in [6.45, 7) is 2.05. The number of fused-ring (bicyclic) bond motifs is 1. The third kappa shape index (κ3) is 3.71. The molecule has 0 aliphatic rings. The number of anilines is 1. The lowest BCUT2D eigenvalue weighted by Gasteiger charge is -2.25. The van der Waals surface area contributed by atoms with Crippen molar-refractivity contribution in [1.29, 1.82) is 0 Å². The summed E-state index contributed by atoms with van der Waals surface area (Å²) >= 11 is 0. The highest BCUT2D eigenvalue weighted by atomic mass is 32.2. The first-order chi connectivity index (χ1) is 14.0. The molecule has 2 aromatic carbocycles. The topological polar surface area (TPSA) is 67.6 Å². The summed E-state index contributed by atoms with van der Waals surface area (Å²) in [4.78, 5) is 0.111. The van der Waals surface area contributed by atoms with Crippen molar-refractivity contribution in [1.82, 2.24) is 14.6 Å². The minimum atomic E-state index is -3.93. The summed E-state index contributed by atoms with van der Waals surface area (Å²) in [6, 6.07) is 17.8. The van der Waals surface area contributed by atoms with Gasteiger partial charge in [-0.2, -0.15) is 0 Å². The number of benzene rings is 2. The lowest BCUT2D eigenvalue weighted by molar-refractivity contribution is 0.589. The minimum absolute atomic E-state index is 0.111. The van der Waals surface area contributed by atoms with E-state index in [4.69, 9.17) is 0 Å². The summed E-state index contributed by atoms with van der Waals surface area (Å²) in [5, 5.41) is 8.14. The zero-order valence-corrected chi connectivity index (χ0v) is 16.6. The predicted octanol–water partition coefficient (Wildman–Crippen LogP) is 3.83. The Hall–Kier alpha value is -3.26. The van der Waals surface area contributed by atoms with E-state index in [0.717, 1.165) is 5.56 Å². The fourth-order valence-electron chi connectivity index (χ4n) is 3.11. The van der Waals surface area contributed by atoms with Crippen LogP contribution in [0.3, 0.4) is 0 Å². The molecule has 2 aromatic heterocycles. The highest BCUT2D eigenvalue weighted by Crippen LogP contribution is 2.26. The molecule has 8 heteroatoms. The fraction of sp³-hybridized carbons (Fsp3) is 0.143. The van der Waals surface area contributed by atoms with Crippen molar-refractivity contribution in [2.75, 3.05) is 4.31 Å². The van der Waals surface area contributed by atoms with Gasteiger partial charge >= 0.3 is 0 Å². The number of sulfonamides is 1. The summed E-state index contributed by atoms with van der Waals surface area (Å²) in [5.41, 5.74) is 1.78. The van der Waals surface area contributed by atoms with Crippen molar-refractivity contribution in [3.63, 3.8) is 0 Å². The molecule has 6 nitrogen and oxygen atoms in total. The second-order valence-corrected chi connectivity index (χ2v) is 8.40. The van der Waals surface area contributed by atoms with E-state index in [9.17, 15) is 12.8 Å². The lowest BCUT2D eigenvalue weighted by Crippen LogP contribution is -2.30. The average Bonchev–Trinajstić information content (AvgIpc) is 3.16. The summed E-state index contributed by atoms with van der Waals surface area (Å²) in [7, 11) is -3.93. The molecule has 148 valence electrons. The van der Waals surface area contributed by atoms with E-state index in [2.05, 4.69) is 10.2 Å². The van der Waals surface area contributed by atoms with E-state index in [1.54, 1.807) is 10.5 Å². The molecule has 0 atom stereocenters. The Morgan fingerprint density at radius 2 is 1.69 bits per heavy atom. The molecule has 0 bridgehead atoms. The Bertz CT molecular complexity index is 1240. The summed E-state index contributed by atoms with van der Waals surface area (Å²) in [6.07, 6.45) is 2.15. The fourth-order valence-corrected chi connectivity index (χ4v) is 4.56. The van der Waals surface area contributed by atoms with Gasteiger partial charge < -0.3 is 0 Å². The van der Waals surface area contributed by atoms with Crippen LogP contribution in [0.5, 0.6) is 0 Å². The minimum Gasteiger partial charge on any atom is -0.285 e. The monoisotopic (exact) mass is 410 g/mol. The maximum absolute atomic E-state index is 13.6. The van der Waals surface area contributed by atoms with Gasteiger partial charge in [-0.15, -0.1) is 10.2 Å². The predicted molar refractivity (Wildman–Crippen MR) is 109 cm³/mol. The van der Waals surface area contributed by atoms with E-state index in [-0.39, 0.29) is 11.4 Å². The molecule has 0 amide bonds. The van der Waals surface area contributed by atoms with E-state index in [0.29, 0.717) is 23.6 Å². The van der Waals surface area contributed by atoms with Crippen LogP contribution in [0, 0.1) is 5.82 Å². The van der Waals surface area contributed by atoms with Gasteiger partial charge in [0.1, 0.15) is 16.5 Å². The SMILES string of the molecule is CCc1nnc2ccc(S(=O)(=O)N(Cc3ccccc3)c3ccc(F)cc3)cn12. The largest absolute Gasteiger partial charge is 0.285 e. The first-order valence-electron chi connectivity index (χ1n) is 9.15. The molecular weight excluding hydrogens is 391 g/mol. The third-order valence-corrected chi connectivity index (χ3v) is 6.39. The van der Waals surface area contributed by atoms with Crippen molar-refractivity contribution < 1.29 is 12.8 Å². The lowest BCUT2D eigenvalue weighted by atomic mass is 10.2. The maximum Gasteiger partial charge on any atom is 0.266 e. The standard InChI is InChI=1S/C21H19FN4O2S/c1-2-20-23-24-21-13-12-19(15-25(20)21)29(27,28)26(14-16-6-4-3-5-7-16)18-10-8-17(22)9-11-18/h3-13,15H,2,14H2,1H3. The Morgan fingerprint density at radius 1 is 0.966 bits per heavy atom. The molecule has 2 heterocycles. The molecule has 0 aliphatic heterocycles. The molecule has 4 aromatic rings. The Kier molecular flexibility index (Phi) is 5.02. The Balaban J connectivity index is 1.82. The van der Waals surface area contributed by atoms with E-state index < -0.39 is 15.8 Å². The smallest absolute Gasteiger partial charge is 0.266 e. The van der Waals surface area contributed by atoms with Crippen LogP contribution in [0.1, 0.15) is 18.3 Å². The van der Waals surface area contributed by atoms with Crippen LogP contribution < -0.4 is 4.31 Å². The highest BCUT2D eigenvalue weighted by Gasteiger charge is 2.26. The van der Waals surface area contributed by atoms with Crippen molar-refractivity contribution in [2.24, 2.45) is 0 Å². The van der Waals surface area contributed by atoms with E-state index >= 15 is 0 Å². The van der Waals surface area contributed by atoms with Crippen molar-refractivity contribution in [3.05, 3.63) is 90.1 Å². The van der Waals surface area contributed by atoms with Gasteiger partial charge in [0, 0.05) is 12.6 Å². The van der Waals surface area contributed by atoms with Gasteiger partial charge in [-0.1, -0.05) is 37.3 Å². The molecule has 0 radical (unpaired) electrons. The first-order valence-corrected chi connectivity index (χ1v) is 10.6. The molecule has 0 unspecified atom stereocenters. The number of hydrogen-bond donors (Lipinski definition) is 0. The van der Waals surface area contributed by atoms with Crippen molar-refractivity contribution in [3.8, 4) is 0 Å². The molecule has 4 rings (SSSR count). The summed E-state index contributed by atoms with van der Waals surface area (Å²) in [5.74, 6) is 0.248. The van der Waals surface area contributed by atoms with Gasteiger partial charge in [0.2, 0.25) is 0 Å². The molecule has 0 saturated heterocycles. The van der Waals surface area contributed by atoms with Crippen LogP contribution in [-0.2, 0) is 23.0 Å². The quantitative estimate of drug-likeness (QED) is 0.485. The van der Waals surface area contributed by atoms with Crippen molar-refractivity contribution in [2.45, 2.75) is 24.8 Å². The Labute approximate surface area is 168 Å². The normalized spacial score (nSPS) is 11.7. The molecule has 0 saturated carbocycles. The molecular formula is C21H19FN4O2S. The molecule has 0 aliphatic carbocycles. The van der Waals surface area contributed by atoms with Gasteiger partial charge in [0.15, 0.2) is 5.65 Å². The molecule has 0 spiro atoms.